The van der Waals surface area contributed by atoms with Gasteiger partial charge in [0, 0.05) is 12.1 Å². The number of hydrogen-bond acceptors (Lipinski definition) is 5. The number of methoxy groups -OCH3 is 3. The molecule has 1 heterocycles. The topological polar surface area (TPSA) is 46.2 Å². The second-order valence-corrected chi connectivity index (χ2v) is 5.32. The van der Waals surface area contributed by atoms with E-state index in [1.54, 1.807) is 21.3 Å². The van der Waals surface area contributed by atoms with Crippen molar-refractivity contribution in [1.29, 1.82) is 0 Å². The zero-order chi connectivity index (χ0) is 14.5. The molecule has 2 unspecified atom stereocenters. The standard InChI is InChI=1S/C14H19BrO5/c1-16-9-6-10(17-2)13(11(7-9)18-3)14(15)12-8-19-4-5-20-12/h6-7,12,14H,4-5,8H2,1-3H3. The molecule has 1 aliphatic rings. The summed E-state index contributed by atoms with van der Waals surface area (Å²) < 4.78 is 27.4. The Balaban J connectivity index is 2.36. The highest BCUT2D eigenvalue weighted by Crippen LogP contribution is 2.44. The molecule has 0 bridgehead atoms. The van der Waals surface area contributed by atoms with E-state index in [2.05, 4.69) is 15.9 Å². The molecule has 1 fully saturated rings. The molecule has 5 nitrogen and oxygen atoms in total. The smallest absolute Gasteiger partial charge is 0.130 e. The predicted molar refractivity (Wildman–Crippen MR) is 78.3 cm³/mol. The average molecular weight is 347 g/mol. The average Bonchev–Trinajstić information content (AvgIpc) is 2.53. The summed E-state index contributed by atoms with van der Waals surface area (Å²) in [4.78, 5) is -0.0846. The fourth-order valence-corrected chi connectivity index (χ4v) is 2.92. The quantitative estimate of drug-likeness (QED) is 0.766. The van der Waals surface area contributed by atoms with E-state index in [0.29, 0.717) is 37.1 Å². The maximum Gasteiger partial charge on any atom is 0.130 e. The molecule has 1 aliphatic heterocycles. The first kappa shape index (κ1) is 15.4. The number of hydrogen-bond donors (Lipinski definition) is 0. The van der Waals surface area contributed by atoms with E-state index in [1.807, 2.05) is 12.1 Å². The van der Waals surface area contributed by atoms with Crippen LogP contribution in [0.4, 0.5) is 0 Å². The van der Waals surface area contributed by atoms with Gasteiger partial charge in [-0.2, -0.15) is 0 Å². The third kappa shape index (κ3) is 3.19. The Hall–Kier alpha value is -0.980. The first-order chi connectivity index (χ1) is 9.71. The molecule has 20 heavy (non-hydrogen) atoms. The van der Waals surface area contributed by atoms with Gasteiger partial charge in [0.05, 0.1) is 57.6 Å². The fraction of sp³-hybridized carbons (Fsp3) is 0.571. The van der Waals surface area contributed by atoms with Crippen LogP contribution in [0.5, 0.6) is 17.2 Å². The van der Waals surface area contributed by atoms with Crippen molar-refractivity contribution in [2.45, 2.75) is 10.9 Å². The molecule has 0 spiro atoms. The van der Waals surface area contributed by atoms with Crippen LogP contribution in [0.1, 0.15) is 10.4 Å². The van der Waals surface area contributed by atoms with Gasteiger partial charge in [0.2, 0.25) is 0 Å². The lowest BCUT2D eigenvalue weighted by molar-refractivity contribution is -0.0879. The maximum absolute atomic E-state index is 5.74. The lowest BCUT2D eigenvalue weighted by Crippen LogP contribution is -2.32. The Labute approximate surface area is 127 Å². The van der Waals surface area contributed by atoms with Crippen LogP contribution in [-0.2, 0) is 9.47 Å². The van der Waals surface area contributed by atoms with Gasteiger partial charge in [0.25, 0.3) is 0 Å². The molecule has 0 aliphatic carbocycles. The van der Waals surface area contributed by atoms with E-state index in [-0.39, 0.29) is 10.9 Å². The Morgan fingerprint density at radius 2 is 1.75 bits per heavy atom. The minimum Gasteiger partial charge on any atom is -0.496 e. The van der Waals surface area contributed by atoms with Crippen molar-refractivity contribution in [3.8, 4) is 17.2 Å². The van der Waals surface area contributed by atoms with Crippen molar-refractivity contribution in [2.24, 2.45) is 0 Å². The highest BCUT2D eigenvalue weighted by molar-refractivity contribution is 9.09. The van der Waals surface area contributed by atoms with Crippen LogP contribution in [-0.4, -0.2) is 47.3 Å². The van der Waals surface area contributed by atoms with Crippen LogP contribution in [0.25, 0.3) is 0 Å². The first-order valence-electron chi connectivity index (χ1n) is 6.34. The van der Waals surface area contributed by atoms with Gasteiger partial charge >= 0.3 is 0 Å². The second kappa shape index (κ2) is 7.15. The molecule has 2 atom stereocenters. The van der Waals surface area contributed by atoms with Gasteiger partial charge in [0.1, 0.15) is 17.2 Å². The number of rotatable bonds is 5. The van der Waals surface area contributed by atoms with Crippen molar-refractivity contribution in [1.82, 2.24) is 0 Å². The Kier molecular flexibility index (Phi) is 5.51. The summed E-state index contributed by atoms with van der Waals surface area (Å²) in [5.74, 6) is 2.07. The molecule has 1 saturated heterocycles. The molecule has 0 N–H and O–H groups in total. The van der Waals surface area contributed by atoms with Gasteiger partial charge in [-0.05, 0) is 0 Å². The van der Waals surface area contributed by atoms with E-state index in [1.165, 1.54) is 0 Å². The summed E-state index contributed by atoms with van der Waals surface area (Å²) in [6.45, 7) is 1.76. The van der Waals surface area contributed by atoms with Gasteiger partial charge in [-0.1, -0.05) is 15.9 Å². The van der Waals surface area contributed by atoms with Crippen molar-refractivity contribution in [3.63, 3.8) is 0 Å². The number of alkyl halides is 1. The van der Waals surface area contributed by atoms with Crippen LogP contribution in [0.15, 0.2) is 12.1 Å². The van der Waals surface area contributed by atoms with E-state index < -0.39 is 0 Å². The van der Waals surface area contributed by atoms with Crippen molar-refractivity contribution < 1.29 is 23.7 Å². The first-order valence-corrected chi connectivity index (χ1v) is 7.26. The predicted octanol–water partition coefficient (Wildman–Crippen LogP) is 2.56. The monoisotopic (exact) mass is 346 g/mol. The molecule has 6 heteroatoms. The van der Waals surface area contributed by atoms with E-state index in [0.717, 1.165) is 5.56 Å². The third-order valence-electron chi connectivity index (χ3n) is 3.20. The number of halogens is 1. The molecule has 1 aromatic rings. The normalized spacial score (nSPS) is 20.3. The zero-order valence-corrected chi connectivity index (χ0v) is 13.4. The summed E-state index contributed by atoms with van der Waals surface area (Å²) in [6, 6.07) is 3.66. The van der Waals surface area contributed by atoms with Crippen molar-refractivity contribution in [3.05, 3.63) is 17.7 Å². The van der Waals surface area contributed by atoms with Crippen LogP contribution in [0.3, 0.4) is 0 Å². The summed E-state index contributed by atoms with van der Waals surface area (Å²) in [6.07, 6.45) is -0.0834. The number of ether oxygens (including phenoxy) is 5. The second-order valence-electron chi connectivity index (χ2n) is 4.33. The van der Waals surface area contributed by atoms with E-state index in [9.17, 15) is 0 Å². The molecule has 2 rings (SSSR count). The SMILES string of the molecule is COc1cc(OC)c(C(Br)C2COCCO2)c(OC)c1. The summed E-state index contributed by atoms with van der Waals surface area (Å²) in [5.41, 5.74) is 0.895. The van der Waals surface area contributed by atoms with Crippen LogP contribution in [0.2, 0.25) is 0 Å². The maximum atomic E-state index is 5.74. The molecule has 0 aromatic heterocycles. The molecule has 1 aromatic carbocycles. The number of benzene rings is 1. The highest BCUT2D eigenvalue weighted by atomic mass is 79.9. The van der Waals surface area contributed by atoms with E-state index in [4.69, 9.17) is 23.7 Å². The Bertz CT molecular complexity index is 420. The van der Waals surface area contributed by atoms with Gasteiger partial charge in [-0.15, -0.1) is 0 Å². The lowest BCUT2D eigenvalue weighted by Gasteiger charge is -2.29. The van der Waals surface area contributed by atoms with Gasteiger partial charge in [-0.3, -0.25) is 0 Å². The van der Waals surface area contributed by atoms with Crippen LogP contribution < -0.4 is 14.2 Å². The van der Waals surface area contributed by atoms with Gasteiger partial charge in [0.15, 0.2) is 0 Å². The van der Waals surface area contributed by atoms with Gasteiger partial charge in [-0.25, -0.2) is 0 Å². The summed E-state index contributed by atoms with van der Waals surface area (Å²) >= 11 is 3.67. The summed E-state index contributed by atoms with van der Waals surface area (Å²) in [7, 11) is 4.85. The summed E-state index contributed by atoms with van der Waals surface area (Å²) in [5, 5.41) is 0. The highest BCUT2D eigenvalue weighted by Gasteiger charge is 2.30. The molecular weight excluding hydrogens is 328 g/mol. The molecule has 0 amide bonds. The molecular formula is C14H19BrO5. The van der Waals surface area contributed by atoms with Crippen LogP contribution >= 0.6 is 15.9 Å². The largest absolute Gasteiger partial charge is 0.496 e. The van der Waals surface area contributed by atoms with Gasteiger partial charge < -0.3 is 23.7 Å². The van der Waals surface area contributed by atoms with E-state index >= 15 is 0 Å². The third-order valence-corrected chi connectivity index (χ3v) is 4.24. The van der Waals surface area contributed by atoms with Crippen molar-refractivity contribution in [2.75, 3.05) is 41.2 Å². The minimum atomic E-state index is -0.0846. The minimum absolute atomic E-state index is 0.0834. The fourth-order valence-electron chi connectivity index (χ4n) is 2.17. The molecule has 0 radical (unpaired) electrons. The molecule has 112 valence electrons. The molecule has 0 saturated carbocycles. The van der Waals surface area contributed by atoms with Crippen molar-refractivity contribution >= 4 is 15.9 Å². The Morgan fingerprint density at radius 1 is 1.10 bits per heavy atom. The zero-order valence-electron chi connectivity index (χ0n) is 11.8. The lowest BCUT2D eigenvalue weighted by atomic mass is 10.0. The Morgan fingerprint density at radius 3 is 2.20 bits per heavy atom. The van der Waals surface area contributed by atoms with Crippen LogP contribution in [0, 0.1) is 0 Å².